The minimum absolute atomic E-state index is 0.495. The number of likely N-dealkylation sites (N-methyl/N-ethyl adjacent to an activating group) is 1. The molecule has 1 aromatic heterocycles. The van der Waals surface area contributed by atoms with E-state index < -0.39 is 0 Å². The van der Waals surface area contributed by atoms with Gasteiger partial charge in [0, 0.05) is 19.1 Å². The minimum Gasteiger partial charge on any atom is -0.353 e. The van der Waals surface area contributed by atoms with Gasteiger partial charge >= 0.3 is 0 Å². The van der Waals surface area contributed by atoms with Gasteiger partial charge in [-0.05, 0) is 44.7 Å². The van der Waals surface area contributed by atoms with Crippen molar-refractivity contribution in [3.05, 3.63) is 16.8 Å². The standard InChI is InChI=1S/C16H25N5/c1-4-13-14(10-17)16(20-19-15(13)5-2)21(6-3)11-12-8-7-9-18-12/h12,18H,4-9,11H2,1-3H3. The molecule has 1 aliphatic heterocycles. The van der Waals surface area contributed by atoms with Crippen molar-refractivity contribution in [2.24, 2.45) is 0 Å². The van der Waals surface area contributed by atoms with E-state index in [4.69, 9.17) is 0 Å². The Kier molecular flexibility index (Phi) is 5.51. The summed E-state index contributed by atoms with van der Waals surface area (Å²) in [4.78, 5) is 2.19. The molecule has 1 unspecified atom stereocenters. The van der Waals surface area contributed by atoms with Crippen molar-refractivity contribution >= 4 is 5.82 Å². The van der Waals surface area contributed by atoms with Gasteiger partial charge in [0.25, 0.3) is 0 Å². The second-order valence-corrected chi connectivity index (χ2v) is 5.47. The third kappa shape index (κ3) is 3.33. The average molecular weight is 287 g/mol. The Balaban J connectivity index is 2.33. The zero-order valence-electron chi connectivity index (χ0n) is 13.3. The molecule has 1 fully saturated rings. The lowest BCUT2D eigenvalue weighted by molar-refractivity contribution is 0.581. The first-order valence-electron chi connectivity index (χ1n) is 8.01. The Bertz CT molecular complexity index is 514. The topological polar surface area (TPSA) is 64.8 Å². The fraction of sp³-hybridized carbons (Fsp3) is 0.688. The van der Waals surface area contributed by atoms with Crippen molar-refractivity contribution in [1.82, 2.24) is 15.5 Å². The van der Waals surface area contributed by atoms with Crippen LogP contribution in [0.5, 0.6) is 0 Å². The zero-order chi connectivity index (χ0) is 15.2. The zero-order valence-corrected chi connectivity index (χ0v) is 13.3. The number of hydrogen-bond donors (Lipinski definition) is 1. The summed E-state index contributed by atoms with van der Waals surface area (Å²) in [6.45, 7) is 9.08. The molecule has 1 aliphatic rings. The maximum absolute atomic E-state index is 9.60. The summed E-state index contributed by atoms with van der Waals surface area (Å²) in [6, 6.07) is 2.86. The molecular formula is C16H25N5. The largest absolute Gasteiger partial charge is 0.353 e. The van der Waals surface area contributed by atoms with Gasteiger partial charge in [0.2, 0.25) is 0 Å². The minimum atomic E-state index is 0.495. The summed E-state index contributed by atoms with van der Waals surface area (Å²) < 4.78 is 0. The van der Waals surface area contributed by atoms with Crippen molar-refractivity contribution in [3.8, 4) is 6.07 Å². The molecule has 1 N–H and O–H groups in total. The lowest BCUT2D eigenvalue weighted by atomic mass is 10.0. The first-order valence-corrected chi connectivity index (χ1v) is 8.01. The maximum atomic E-state index is 9.60. The fourth-order valence-corrected chi connectivity index (χ4v) is 3.05. The van der Waals surface area contributed by atoms with Gasteiger partial charge in [0.15, 0.2) is 5.82 Å². The normalized spacial score (nSPS) is 17.7. The van der Waals surface area contributed by atoms with Gasteiger partial charge < -0.3 is 10.2 Å². The molecule has 1 saturated heterocycles. The van der Waals surface area contributed by atoms with Crippen molar-refractivity contribution in [3.63, 3.8) is 0 Å². The highest BCUT2D eigenvalue weighted by molar-refractivity contribution is 5.58. The van der Waals surface area contributed by atoms with Crippen LogP contribution in [0.3, 0.4) is 0 Å². The summed E-state index contributed by atoms with van der Waals surface area (Å²) in [7, 11) is 0. The van der Waals surface area contributed by atoms with Crippen molar-refractivity contribution in [2.75, 3.05) is 24.5 Å². The molecule has 0 aromatic carbocycles. The number of anilines is 1. The monoisotopic (exact) mass is 287 g/mol. The van der Waals surface area contributed by atoms with Crippen LogP contribution < -0.4 is 10.2 Å². The van der Waals surface area contributed by atoms with Crippen LogP contribution in [-0.4, -0.2) is 35.9 Å². The summed E-state index contributed by atoms with van der Waals surface area (Å²) in [6.07, 6.45) is 4.07. The van der Waals surface area contributed by atoms with E-state index in [0.29, 0.717) is 11.6 Å². The smallest absolute Gasteiger partial charge is 0.169 e. The number of nitrogens with one attached hydrogen (secondary N) is 1. The molecule has 114 valence electrons. The third-order valence-corrected chi connectivity index (χ3v) is 4.22. The molecule has 0 saturated carbocycles. The Labute approximate surface area is 127 Å². The van der Waals surface area contributed by atoms with Crippen molar-refractivity contribution in [2.45, 2.75) is 52.5 Å². The molecular weight excluding hydrogens is 262 g/mol. The highest BCUT2D eigenvalue weighted by Crippen LogP contribution is 2.24. The Hall–Kier alpha value is -1.67. The molecule has 0 bridgehead atoms. The number of nitriles is 1. The Morgan fingerprint density at radius 3 is 2.62 bits per heavy atom. The van der Waals surface area contributed by atoms with Crippen LogP contribution in [0.15, 0.2) is 0 Å². The van der Waals surface area contributed by atoms with Gasteiger partial charge in [-0.15, -0.1) is 5.10 Å². The molecule has 2 rings (SSSR count). The highest BCUT2D eigenvalue weighted by atomic mass is 15.3. The molecule has 0 aliphatic carbocycles. The second-order valence-electron chi connectivity index (χ2n) is 5.47. The summed E-state index contributed by atoms with van der Waals surface area (Å²) in [5.41, 5.74) is 2.72. The fourth-order valence-electron chi connectivity index (χ4n) is 3.05. The lowest BCUT2D eigenvalue weighted by Gasteiger charge is -2.26. The van der Waals surface area contributed by atoms with Crippen LogP contribution in [0, 0.1) is 11.3 Å². The first-order chi connectivity index (χ1) is 10.2. The van der Waals surface area contributed by atoms with E-state index in [1.165, 1.54) is 12.8 Å². The van der Waals surface area contributed by atoms with Crippen molar-refractivity contribution in [1.29, 1.82) is 5.26 Å². The quantitative estimate of drug-likeness (QED) is 0.867. The molecule has 1 atom stereocenters. The highest BCUT2D eigenvalue weighted by Gasteiger charge is 2.22. The van der Waals surface area contributed by atoms with Crippen LogP contribution in [0.1, 0.15) is 50.4 Å². The lowest BCUT2D eigenvalue weighted by Crippen LogP contribution is -2.38. The predicted molar refractivity (Wildman–Crippen MR) is 84.4 cm³/mol. The first kappa shape index (κ1) is 15.7. The molecule has 5 nitrogen and oxygen atoms in total. The number of aromatic nitrogens is 2. The molecule has 0 amide bonds. The molecule has 0 spiro atoms. The van der Waals surface area contributed by atoms with Crippen LogP contribution >= 0.6 is 0 Å². The van der Waals surface area contributed by atoms with Gasteiger partial charge in [-0.3, -0.25) is 0 Å². The number of aryl methyl sites for hydroxylation is 1. The van der Waals surface area contributed by atoms with Gasteiger partial charge in [0.1, 0.15) is 11.6 Å². The van der Waals surface area contributed by atoms with Gasteiger partial charge in [0.05, 0.1) is 5.69 Å². The maximum Gasteiger partial charge on any atom is 0.169 e. The summed E-state index contributed by atoms with van der Waals surface area (Å²) in [5, 5.41) is 21.8. The Morgan fingerprint density at radius 2 is 2.10 bits per heavy atom. The van der Waals surface area contributed by atoms with Crippen LogP contribution in [0.2, 0.25) is 0 Å². The predicted octanol–water partition coefficient (Wildman–Crippen LogP) is 2.05. The molecule has 21 heavy (non-hydrogen) atoms. The van der Waals surface area contributed by atoms with Gasteiger partial charge in [-0.25, -0.2) is 0 Å². The van der Waals surface area contributed by atoms with E-state index >= 15 is 0 Å². The second kappa shape index (κ2) is 7.37. The van der Waals surface area contributed by atoms with Crippen LogP contribution in [-0.2, 0) is 12.8 Å². The third-order valence-electron chi connectivity index (χ3n) is 4.22. The SMILES string of the molecule is CCc1nnc(N(CC)CC2CCCN2)c(C#N)c1CC. The Morgan fingerprint density at radius 1 is 1.29 bits per heavy atom. The average Bonchev–Trinajstić information content (AvgIpc) is 3.04. The van der Waals surface area contributed by atoms with Gasteiger partial charge in [-0.1, -0.05) is 13.8 Å². The van der Waals surface area contributed by atoms with Crippen LogP contribution in [0.25, 0.3) is 0 Å². The number of rotatable bonds is 6. The molecule has 0 radical (unpaired) electrons. The summed E-state index contributed by atoms with van der Waals surface area (Å²) >= 11 is 0. The van der Waals surface area contributed by atoms with E-state index in [9.17, 15) is 5.26 Å². The van der Waals surface area contributed by atoms with Gasteiger partial charge in [-0.2, -0.15) is 10.4 Å². The summed E-state index contributed by atoms with van der Waals surface area (Å²) in [5.74, 6) is 0.753. The van der Waals surface area contributed by atoms with E-state index in [2.05, 4.69) is 47.3 Å². The van der Waals surface area contributed by atoms with E-state index in [0.717, 1.165) is 49.6 Å². The number of hydrogen-bond acceptors (Lipinski definition) is 5. The molecule has 1 aromatic rings. The van der Waals surface area contributed by atoms with E-state index in [1.807, 2.05) is 0 Å². The van der Waals surface area contributed by atoms with E-state index in [1.54, 1.807) is 0 Å². The number of nitrogens with zero attached hydrogens (tertiary/aromatic N) is 4. The molecule has 2 heterocycles. The van der Waals surface area contributed by atoms with Crippen molar-refractivity contribution < 1.29 is 0 Å². The van der Waals surface area contributed by atoms with E-state index in [-0.39, 0.29) is 0 Å². The van der Waals surface area contributed by atoms with Crippen LogP contribution in [0.4, 0.5) is 5.82 Å². The molecule has 5 heteroatoms.